The lowest BCUT2D eigenvalue weighted by atomic mass is 10.0. The Hall–Kier alpha value is -1.62. The molecule has 0 bridgehead atoms. The van der Waals surface area contributed by atoms with Crippen LogP contribution in [0.5, 0.6) is 0 Å². The number of aryl methyl sites for hydroxylation is 1. The van der Waals surface area contributed by atoms with E-state index in [4.69, 9.17) is 0 Å². The van der Waals surface area contributed by atoms with E-state index in [0.29, 0.717) is 0 Å². The summed E-state index contributed by atoms with van der Waals surface area (Å²) in [4.78, 5) is 11.0. The molecule has 2 aromatic heterocycles. The van der Waals surface area contributed by atoms with Gasteiger partial charge in [-0.2, -0.15) is 0 Å². The second-order valence-corrected chi connectivity index (χ2v) is 5.44. The summed E-state index contributed by atoms with van der Waals surface area (Å²) in [7, 11) is 6.15. The topological polar surface area (TPSA) is 46.0 Å². The van der Waals surface area contributed by atoms with Gasteiger partial charge >= 0.3 is 0 Å². The van der Waals surface area contributed by atoms with Crippen LogP contribution in [-0.2, 0) is 7.05 Å². The van der Waals surface area contributed by atoms with Crippen molar-refractivity contribution < 1.29 is 0 Å². The van der Waals surface area contributed by atoms with E-state index >= 15 is 0 Å². The first-order valence-electron chi connectivity index (χ1n) is 6.09. The van der Waals surface area contributed by atoms with Gasteiger partial charge in [-0.25, -0.2) is 9.97 Å². The Morgan fingerprint density at radius 1 is 1.33 bits per heavy atom. The van der Waals surface area contributed by atoms with Gasteiger partial charge in [-0.05, 0) is 34.0 Å². The number of fused-ring (bicyclic) bond motifs is 1. The lowest BCUT2D eigenvalue weighted by molar-refractivity contribution is 0.210. The van der Waals surface area contributed by atoms with Crippen LogP contribution in [0, 0.1) is 0 Å². The minimum absolute atomic E-state index is 0.0681. The first-order chi connectivity index (χ1) is 8.42. The molecular formula is C13H21N5. The van der Waals surface area contributed by atoms with Crippen molar-refractivity contribution in [1.82, 2.24) is 19.4 Å². The summed E-state index contributed by atoms with van der Waals surface area (Å²) in [6.45, 7) is 5.21. The van der Waals surface area contributed by atoms with Crippen LogP contribution < -0.4 is 5.32 Å². The highest BCUT2D eigenvalue weighted by Gasteiger charge is 2.20. The average Bonchev–Trinajstić information content (AvgIpc) is 2.69. The normalized spacial score (nSPS) is 12.3. The third kappa shape index (κ3) is 2.31. The minimum Gasteiger partial charge on any atom is -0.366 e. The molecule has 0 aliphatic rings. The van der Waals surface area contributed by atoms with E-state index in [1.54, 1.807) is 0 Å². The van der Waals surface area contributed by atoms with Gasteiger partial charge in [0.1, 0.15) is 5.52 Å². The quantitative estimate of drug-likeness (QED) is 0.893. The fourth-order valence-corrected chi connectivity index (χ4v) is 1.65. The number of likely N-dealkylation sites (N-methyl/N-ethyl adjacent to an activating group) is 1. The number of aromatic nitrogens is 3. The molecule has 0 unspecified atom stereocenters. The monoisotopic (exact) mass is 247 g/mol. The van der Waals surface area contributed by atoms with E-state index < -0.39 is 0 Å². The van der Waals surface area contributed by atoms with Crippen molar-refractivity contribution in [3.05, 3.63) is 18.6 Å². The largest absolute Gasteiger partial charge is 0.366 e. The first kappa shape index (κ1) is 12.8. The van der Waals surface area contributed by atoms with E-state index in [-0.39, 0.29) is 5.54 Å². The molecule has 0 spiro atoms. The maximum atomic E-state index is 4.39. The predicted octanol–water partition coefficient (Wildman–Crippen LogP) is 1.72. The van der Waals surface area contributed by atoms with Gasteiger partial charge in [-0.15, -0.1) is 0 Å². The Bertz CT molecular complexity index is 541. The zero-order valence-electron chi connectivity index (χ0n) is 11.7. The summed E-state index contributed by atoms with van der Waals surface area (Å²) in [5.41, 5.74) is 2.09. The third-order valence-corrected chi connectivity index (χ3v) is 3.54. The number of nitrogens with zero attached hydrogens (tertiary/aromatic N) is 4. The molecule has 0 fully saturated rings. The van der Waals surface area contributed by atoms with Gasteiger partial charge in [0.2, 0.25) is 0 Å². The molecule has 1 N–H and O–H groups in total. The summed E-state index contributed by atoms with van der Waals surface area (Å²) < 4.78 is 2.00. The molecule has 2 aromatic rings. The molecule has 0 radical (unpaired) electrons. The van der Waals surface area contributed by atoms with Crippen LogP contribution in [-0.4, -0.2) is 45.6 Å². The van der Waals surface area contributed by atoms with E-state index in [9.17, 15) is 0 Å². The Balaban J connectivity index is 2.23. The number of rotatable bonds is 4. The van der Waals surface area contributed by atoms with Crippen LogP contribution >= 0.6 is 0 Å². The van der Waals surface area contributed by atoms with E-state index in [1.165, 1.54) is 0 Å². The van der Waals surface area contributed by atoms with Crippen molar-refractivity contribution in [2.45, 2.75) is 19.4 Å². The van der Waals surface area contributed by atoms with Crippen LogP contribution in [0.2, 0.25) is 0 Å². The second-order valence-electron chi connectivity index (χ2n) is 5.44. The van der Waals surface area contributed by atoms with Crippen molar-refractivity contribution in [2.24, 2.45) is 7.05 Å². The summed E-state index contributed by atoms with van der Waals surface area (Å²) in [5.74, 6) is 0.850. The number of anilines is 1. The molecule has 5 nitrogen and oxygen atoms in total. The van der Waals surface area contributed by atoms with E-state index in [2.05, 4.69) is 48.1 Å². The van der Waals surface area contributed by atoms with E-state index in [0.717, 1.165) is 23.4 Å². The van der Waals surface area contributed by atoms with Crippen LogP contribution in [0.4, 0.5) is 5.82 Å². The van der Waals surface area contributed by atoms with E-state index in [1.807, 2.05) is 30.2 Å². The lowest BCUT2D eigenvalue weighted by Gasteiger charge is -2.32. The molecule has 0 atom stereocenters. The predicted molar refractivity (Wildman–Crippen MR) is 74.8 cm³/mol. The Kier molecular flexibility index (Phi) is 3.26. The molecule has 0 saturated carbocycles. The lowest BCUT2D eigenvalue weighted by Crippen LogP contribution is -2.44. The van der Waals surface area contributed by atoms with Gasteiger partial charge in [-0.1, -0.05) is 0 Å². The number of hydrogen-bond acceptors (Lipinski definition) is 4. The molecule has 0 aliphatic carbocycles. The summed E-state index contributed by atoms with van der Waals surface area (Å²) in [6, 6.07) is 1.98. The summed E-state index contributed by atoms with van der Waals surface area (Å²) in [5, 5.41) is 3.39. The van der Waals surface area contributed by atoms with Gasteiger partial charge < -0.3 is 14.8 Å². The number of hydrogen-bond donors (Lipinski definition) is 1. The average molecular weight is 247 g/mol. The molecule has 0 aromatic carbocycles. The van der Waals surface area contributed by atoms with Crippen molar-refractivity contribution >= 4 is 16.9 Å². The standard InChI is InChI=1S/C13H21N5/c1-13(2,17(3)4)8-15-12-11-10(6-7-14-12)18(5)9-16-11/h6-7,9H,8H2,1-5H3,(H,14,15). The van der Waals surface area contributed by atoms with Gasteiger partial charge in [0.15, 0.2) is 5.82 Å². The zero-order chi connectivity index (χ0) is 13.3. The maximum absolute atomic E-state index is 4.39. The van der Waals surface area contributed by atoms with Crippen LogP contribution in [0.1, 0.15) is 13.8 Å². The fraction of sp³-hybridized carbons (Fsp3) is 0.538. The van der Waals surface area contributed by atoms with Gasteiger partial charge in [0.05, 0.1) is 11.8 Å². The highest BCUT2D eigenvalue weighted by Crippen LogP contribution is 2.20. The van der Waals surface area contributed by atoms with Gasteiger partial charge in [-0.3, -0.25) is 0 Å². The Labute approximate surface area is 108 Å². The van der Waals surface area contributed by atoms with Crippen molar-refractivity contribution in [1.29, 1.82) is 0 Å². The molecule has 2 rings (SSSR count). The summed E-state index contributed by atoms with van der Waals surface area (Å²) in [6.07, 6.45) is 3.63. The smallest absolute Gasteiger partial charge is 0.154 e. The molecule has 0 amide bonds. The second kappa shape index (κ2) is 4.57. The van der Waals surface area contributed by atoms with Crippen LogP contribution in [0.15, 0.2) is 18.6 Å². The molecule has 0 saturated heterocycles. The highest BCUT2D eigenvalue weighted by molar-refractivity contribution is 5.85. The highest BCUT2D eigenvalue weighted by atomic mass is 15.2. The molecule has 2 heterocycles. The van der Waals surface area contributed by atoms with Crippen LogP contribution in [0.3, 0.4) is 0 Å². The van der Waals surface area contributed by atoms with Crippen molar-refractivity contribution in [3.63, 3.8) is 0 Å². The van der Waals surface area contributed by atoms with Gasteiger partial charge in [0.25, 0.3) is 0 Å². The maximum Gasteiger partial charge on any atom is 0.154 e. The summed E-state index contributed by atoms with van der Waals surface area (Å²) >= 11 is 0. The number of imidazole rings is 1. The molecule has 98 valence electrons. The first-order valence-corrected chi connectivity index (χ1v) is 6.09. The SMILES string of the molecule is CN(C)C(C)(C)CNc1nccc2c1ncn2C. The Morgan fingerprint density at radius 3 is 2.72 bits per heavy atom. The zero-order valence-corrected chi connectivity index (χ0v) is 11.7. The molecule has 0 aliphatic heterocycles. The van der Waals surface area contributed by atoms with Crippen molar-refractivity contribution in [3.8, 4) is 0 Å². The molecule has 18 heavy (non-hydrogen) atoms. The molecular weight excluding hydrogens is 226 g/mol. The minimum atomic E-state index is 0.0681. The van der Waals surface area contributed by atoms with Crippen LogP contribution in [0.25, 0.3) is 11.0 Å². The number of nitrogens with one attached hydrogen (secondary N) is 1. The fourth-order valence-electron chi connectivity index (χ4n) is 1.65. The third-order valence-electron chi connectivity index (χ3n) is 3.54. The molecule has 5 heteroatoms. The Morgan fingerprint density at radius 2 is 2.06 bits per heavy atom. The number of pyridine rings is 1. The van der Waals surface area contributed by atoms with Gasteiger partial charge in [0, 0.05) is 25.3 Å². The van der Waals surface area contributed by atoms with Crippen molar-refractivity contribution in [2.75, 3.05) is 26.0 Å².